The van der Waals surface area contributed by atoms with Crippen molar-refractivity contribution in [2.45, 2.75) is 157 Å². The van der Waals surface area contributed by atoms with Crippen molar-refractivity contribution in [3.05, 3.63) is 12.2 Å². The van der Waals surface area contributed by atoms with Crippen LogP contribution in [-0.4, -0.2) is 74.2 Å². The molecule has 2 unspecified atom stereocenters. The van der Waals surface area contributed by atoms with Crippen molar-refractivity contribution in [3.8, 4) is 0 Å². The second kappa shape index (κ2) is 15.9. The molecular formula is C27H68O9Si8. The van der Waals surface area contributed by atoms with E-state index in [2.05, 4.69) is 93.2 Å². The van der Waals surface area contributed by atoms with Gasteiger partial charge in [0.05, 0.1) is 0 Å². The molecule has 0 aromatic rings. The van der Waals surface area contributed by atoms with Crippen LogP contribution >= 0.6 is 0 Å². The summed E-state index contributed by atoms with van der Waals surface area (Å²) in [5.74, 6) is -0.391. The molecule has 0 saturated heterocycles. The summed E-state index contributed by atoms with van der Waals surface area (Å²) in [7, 11) is -20.8. The molecule has 0 aliphatic rings. The lowest BCUT2D eigenvalue weighted by atomic mass is 10.3. The van der Waals surface area contributed by atoms with Crippen LogP contribution in [0.4, 0.5) is 0 Å². The first-order chi connectivity index (χ1) is 19.2. The lowest BCUT2D eigenvalue weighted by molar-refractivity contribution is -0.132. The summed E-state index contributed by atoms with van der Waals surface area (Å²) < 4.78 is 53.4. The second-order valence-electron chi connectivity index (χ2n) is 15.7. The largest absolute Gasteiger partial charge is 0.491 e. The summed E-state index contributed by atoms with van der Waals surface area (Å²) in [6.45, 7) is 45.2. The molecule has 17 heteroatoms. The third-order valence-electron chi connectivity index (χ3n) is 6.61. The minimum Gasteiger partial charge on any atom is -0.491 e. The normalized spacial score (nSPS) is 17.2. The van der Waals surface area contributed by atoms with Gasteiger partial charge in [-0.25, -0.2) is 4.79 Å². The van der Waals surface area contributed by atoms with Crippen LogP contribution in [0.5, 0.6) is 0 Å². The average molecular weight is 762 g/mol. The minimum absolute atomic E-state index is 0.0823. The molecule has 0 aliphatic heterocycles. The zero-order valence-corrected chi connectivity index (χ0v) is 40.0. The fraction of sp³-hybridized carbons (Fsp3) is 0.889. The van der Waals surface area contributed by atoms with E-state index in [4.69, 9.17) is 33.2 Å². The van der Waals surface area contributed by atoms with Gasteiger partial charge in [-0.05, 0) is 105 Å². The fourth-order valence-corrected chi connectivity index (χ4v) is 46.6. The van der Waals surface area contributed by atoms with Crippen molar-refractivity contribution < 1.29 is 38.0 Å². The van der Waals surface area contributed by atoms with E-state index in [-0.39, 0.29) is 11.1 Å². The second-order valence-corrected chi connectivity index (χ2v) is 46.1. The van der Waals surface area contributed by atoms with Gasteiger partial charge in [-0.3, -0.25) is 0 Å². The van der Waals surface area contributed by atoms with E-state index in [1.807, 2.05) is 39.3 Å². The van der Waals surface area contributed by atoms with Crippen molar-refractivity contribution in [1.82, 2.24) is 0 Å². The van der Waals surface area contributed by atoms with E-state index >= 15 is 0 Å². The van der Waals surface area contributed by atoms with E-state index in [0.717, 1.165) is 12.8 Å². The molecule has 0 amide bonds. The molecule has 0 aromatic heterocycles. The third-order valence-corrected chi connectivity index (χ3v) is 38.0. The first-order valence-corrected chi connectivity index (χ1v) is 38.3. The molecule has 0 heterocycles. The Kier molecular flexibility index (Phi) is 16.2. The van der Waals surface area contributed by atoms with Gasteiger partial charge in [0.15, 0.2) is 8.32 Å². The maximum Gasteiger partial charge on any atom is 0.398 e. The lowest BCUT2D eigenvalue weighted by Crippen LogP contribution is -2.63. The summed E-state index contributed by atoms with van der Waals surface area (Å²) in [5, 5.41) is 0. The van der Waals surface area contributed by atoms with Crippen molar-refractivity contribution >= 4 is 74.2 Å². The van der Waals surface area contributed by atoms with E-state index in [1.54, 1.807) is 6.92 Å². The highest BCUT2D eigenvalue weighted by atomic mass is 28.5. The Bertz CT molecular complexity index is 955. The van der Waals surface area contributed by atoms with Gasteiger partial charge in [0, 0.05) is 16.7 Å². The van der Waals surface area contributed by atoms with Crippen LogP contribution in [0.2, 0.25) is 109 Å². The van der Waals surface area contributed by atoms with Gasteiger partial charge in [-0.2, -0.15) is 0 Å². The Morgan fingerprint density at radius 1 is 0.523 bits per heavy atom. The van der Waals surface area contributed by atoms with Crippen molar-refractivity contribution in [3.63, 3.8) is 0 Å². The van der Waals surface area contributed by atoms with Gasteiger partial charge in [-0.15, -0.1) is 0 Å². The number of rotatable bonds is 20. The molecule has 9 nitrogen and oxygen atoms in total. The average Bonchev–Trinajstić information content (AvgIpc) is 2.70. The van der Waals surface area contributed by atoms with Crippen molar-refractivity contribution in [2.24, 2.45) is 0 Å². The Balaban J connectivity index is 5.94. The molecule has 0 spiro atoms. The Labute approximate surface area is 280 Å². The number of hydrogen-bond acceptors (Lipinski definition) is 9. The summed E-state index contributed by atoms with van der Waals surface area (Å²) in [6, 6.07) is 0. The first-order valence-electron chi connectivity index (χ1n) is 16.0. The molecular weight excluding hydrogens is 693 g/mol. The highest BCUT2D eigenvalue weighted by Crippen LogP contribution is 2.42. The number of hydrogen-bond donors (Lipinski definition) is 0. The molecule has 44 heavy (non-hydrogen) atoms. The van der Waals surface area contributed by atoms with Crippen LogP contribution in [0.15, 0.2) is 12.2 Å². The van der Waals surface area contributed by atoms with Crippen LogP contribution in [0.1, 0.15) is 47.5 Å². The van der Waals surface area contributed by atoms with Crippen LogP contribution in [-0.2, 0) is 38.0 Å². The van der Waals surface area contributed by atoms with Crippen molar-refractivity contribution in [2.75, 3.05) is 0 Å². The zero-order valence-electron chi connectivity index (χ0n) is 32.0. The quantitative estimate of drug-likeness (QED) is 0.0890. The molecule has 262 valence electrons. The van der Waals surface area contributed by atoms with E-state index < -0.39 is 74.2 Å². The lowest BCUT2D eigenvalue weighted by Gasteiger charge is -2.46. The fourth-order valence-electron chi connectivity index (χ4n) is 5.92. The van der Waals surface area contributed by atoms with Crippen LogP contribution in [0.3, 0.4) is 0 Å². The minimum atomic E-state index is -3.08. The van der Waals surface area contributed by atoms with E-state index in [1.165, 1.54) is 0 Å². The van der Waals surface area contributed by atoms with Crippen LogP contribution in [0.25, 0.3) is 0 Å². The monoisotopic (exact) mass is 760 g/mol. The molecule has 0 N–H and O–H groups in total. The van der Waals surface area contributed by atoms with Gasteiger partial charge in [0.2, 0.25) is 0 Å². The van der Waals surface area contributed by atoms with Crippen LogP contribution < -0.4 is 0 Å². The molecule has 0 bridgehead atoms. The molecule has 0 rings (SSSR count). The zero-order chi connectivity index (χ0) is 35.4. The van der Waals surface area contributed by atoms with Gasteiger partial charge in [0.25, 0.3) is 0 Å². The predicted octanol–water partition coefficient (Wildman–Crippen LogP) is 9.31. The molecule has 0 aliphatic carbocycles. The highest BCUT2D eigenvalue weighted by molar-refractivity contribution is 6.92. The summed E-state index contributed by atoms with van der Waals surface area (Å²) >= 11 is 0. The molecule has 0 radical (unpaired) electrons. The highest BCUT2D eigenvalue weighted by Gasteiger charge is 2.56. The van der Waals surface area contributed by atoms with Crippen LogP contribution in [0, 0.1) is 0 Å². The Morgan fingerprint density at radius 3 is 1.00 bits per heavy atom. The Hall–Kier alpha value is 0.665. The smallest absolute Gasteiger partial charge is 0.398 e. The topological polar surface area (TPSA) is 90.9 Å². The maximum atomic E-state index is 12.9. The summed E-state index contributed by atoms with van der Waals surface area (Å²) in [6.07, 6.45) is 1.67. The maximum absolute atomic E-state index is 12.9. The van der Waals surface area contributed by atoms with Gasteiger partial charge >= 0.3 is 65.9 Å². The number of carbonyl (C=O) groups is 1. The summed E-state index contributed by atoms with van der Waals surface area (Å²) in [5.41, 5.74) is 0.540. The molecule has 0 fully saturated rings. The predicted molar refractivity (Wildman–Crippen MR) is 202 cm³/mol. The van der Waals surface area contributed by atoms with E-state index in [0.29, 0.717) is 5.57 Å². The summed E-state index contributed by atoms with van der Waals surface area (Å²) in [4.78, 5) is 12.9. The van der Waals surface area contributed by atoms with E-state index in [9.17, 15) is 4.79 Å². The standard InChI is InChI=1S/C27H68O9Si8/c1-22-25(5)44(26(6)23-2,29-27(28)24(3)4)36-43(20,21)35-42(18,19)34-41(16,17)33-40(14,15)32-39(12,13)31-38(10,11)30-37(7,8)9/h25-26H,3,22-23H2,1-2,4-21H3. The Morgan fingerprint density at radius 2 is 0.773 bits per heavy atom. The third kappa shape index (κ3) is 16.2. The molecule has 0 aromatic carbocycles. The van der Waals surface area contributed by atoms with Crippen molar-refractivity contribution in [1.29, 1.82) is 0 Å². The molecule has 2 atom stereocenters. The number of carbonyl (C=O) groups excluding carboxylic acids is 1. The van der Waals surface area contributed by atoms with Gasteiger partial charge in [0.1, 0.15) is 0 Å². The van der Waals surface area contributed by atoms with Gasteiger partial charge in [-0.1, -0.05) is 47.1 Å². The van der Waals surface area contributed by atoms with Gasteiger partial charge < -0.3 is 33.2 Å². The first kappa shape index (κ1) is 44.7. The SMILES string of the molecule is C=C(C)C(=O)O[Si](O[Si](C)(C)O[Si](C)(C)O[Si](C)(C)O[Si](C)(C)O[Si](C)(C)O[Si](C)(C)O[Si](C)(C)C)(C(C)CC)C(C)CC. The molecule has 0 saturated carbocycles.